The van der Waals surface area contributed by atoms with Crippen molar-refractivity contribution in [1.29, 1.82) is 5.26 Å². The second kappa shape index (κ2) is 9.95. The topological polar surface area (TPSA) is 63.7 Å². The fourth-order valence-corrected chi connectivity index (χ4v) is 3.69. The molecule has 2 aromatic carbocycles. The van der Waals surface area contributed by atoms with Crippen molar-refractivity contribution in [3.05, 3.63) is 71.5 Å². The Morgan fingerprint density at radius 1 is 1.07 bits per heavy atom. The first-order chi connectivity index (χ1) is 13.7. The number of ether oxygens (including phenoxy) is 1. The van der Waals surface area contributed by atoms with Crippen LogP contribution in [0.3, 0.4) is 0 Å². The lowest BCUT2D eigenvalue weighted by atomic mass is 10.1. The molecular formula is C22H24N4OS. The second-order valence-corrected chi connectivity index (χ2v) is 7.83. The zero-order valence-corrected chi connectivity index (χ0v) is 17.0. The number of thioether (sulfide) groups is 1. The smallest absolute Gasteiger partial charge is 0.191 e. The molecule has 1 heterocycles. The molecule has 0 aliphatic carbocycles. The lowest BCUT2D eigenvalue weighted by molar-refractivity contribution is 0.285. The monoisotopic (exact) mass is 392 g/mol. The highest BCUT2D eigenvalue weighted by molar-refractivity contribution is 7.98. The van der Waals surface area contributed by atoms with E-state index in [0.717, 1.165) is 35.3 Å². The number of aromatic nitrogens is 3. The number of hydrogen-bond donors (Lipinski definition) is 0. The van der Waals surface area contributed by atoms with Crippen LogP contribution in [-0.2, 0) is 18.9 Å². The standard InChI is InChI=1S/C22H24N4OS/c1-17(2)12-13-26-21(15-27-20-10-4-3-5-11-20)24-25-22(26)28-16-19-9-7-6-8-18(19)14-23/h3-11,17H,12-13,15-16H2,1-2H3. The zero-order chi connectivity index (χ0) is 19.8. The van der Waals surface area contributed by atoms with Crippen LogP contribution < -0.4 is 4.74 Å². The highest BCUT2D eigenvalue weighted by Crippen LogP contribution is 2.25. The van der Waals surface area contributed by atoms with Gasteiger partial charge in [0, 0.05) is 12.3 Å². The van der Waals surface area contributed by atoms with E-state index in [-0.39, 0.29) is 0 Å². The van der Waals surface area contributed by atoms with E-state index in [1.165, 1.54) is 0 Å². The lowest BCUT2D eigenvalue weighted by Crippen LogP contribution is -2.10. The molecule has 0 saturated carbocycles. The molecule has 0 radical (unpaired) electrons. The maximum absolute atomic E-state index is 9.29. The summed E-state index contributed by atoms with van der Waals surface area (Å²) in [6, 6.07) is 19.7. The van der Waals surface area contributed by atoms with E-state index in [9.17, 15) is 5.26 Å². The SMILES string of the molecule is CC(C)CCn1c(COc2ccccc2)nnc1SCc1ccccc1C#N. The molecule has 0 saturated heterocycles. The van der Waals surface area contributed by atoms with Crippen molar-refractivity contribution >= 4 is 11.8 Å². The van der Waals surface area contributed by atoms with Crippen molar-refractivity contribution in [3.63, 3.8) is 0 Å². The molecular weight excluding hydrogens is 368 g/mol. The predicted octanol–water partition coefficient (Wildman–Crippen LogP) is 5.07. The molecule has 0 aliphatic heterocycles. The van der Waals surface area contributed by atoms with E-state index in [1.807, 2.05) is 54.6 Å². The van der Waals surface area contributed by atoms with Crippen molar-refractivity contribution in [1.82, 2.24) is 14.8 Å². The Balaban J connectivity index is 1.74. The molecule has 0 aliphatic rings. The summed E-state index contributed by atoms with van der Waals surface area (Å²) in [5.41, 5.74) is 1.71. The van der Waals surface area contributed by atoms with Gasteiger partial charge in [-0.1, -0.05) is 62.0 Å². The van der Waals surface area contributed by atoms with Crippen LogP contribution in [0.25, 0.3) is 0 Å². The molecule has 0 unspecified atom stereocenters. The van der Waals surface area contributed by atoms with Crippen molar-refractivity contribution in [2.75, 3.05) is 0 Å². The van der Waals surface area contributed by atoms with Crippen molar-refractivity contribution in [3.8, 4) is 11.8 Å². The van der Waals surface area contributed by atoms with E-state index in [2.05, 4.69) is 34.7 Å². The number of para-hydroxylation sites is 1. The van der Waals surface area contributed by atoms with Gasteiger partial charge in [0.15, 0.2) is 11.0 Å². The Kier molecular flexibility index (Phi) is 7.10. The molecule has 1 aromatic heterocycles. The number of hydrogen-bond acceptors (Lipinski definition) is 5. The number of rotatable bonds is 9. The third-order valence-corrected chi connectivity index (χ3v) is 5.34. The van der Waals surface area contributed by atoms with E-state index in [0.29, 0.717) is 23.8 Å². The number of nitrogens with zero attached hydrogens (tertiary/aromatic N) is 4. The molecule has 28 heavy (non-hydrogen) atoms. The summed E-state index contributed by atoms with van der Waals surface area (Å²) in [4.78, 5) is 0. The van der Waals surface area contributed by atoms with Gasteiger partial charge in [-0.2, -0.15) is 5.26 Å². The van der Waals surface area contributed by atoms with E-state index < -0.39 is 0 Å². The van der Waals surface area contributed by atoms with Crippen LogP contribution in [0.1, 0.15) is 37.2 Å². The molecule has 5 nitrogen and oxygen atoms in total. The molecule has 0 amide bonds. The van der Waals surface area contributed by atoms with Crippen molar-refractivity contribution in [2.24, 2.45) is 5.92 Å². The fraction of sp³-hybridized carbons (Fsp3) is 0.318. The number of nitriles is 1. The Hall–Kier alpha value is -2.78. The first-order valence-corrected chi connectivity index (χ1v) is 10.4. The summed E-state index contributed by atoms with van der Waals surface area (Å²) in [5.74, 6) is 2.91. The normalized spacial score (nSPS) is 10.8. The maximum Gasteiger partial charge on any atom is 0.191 e. The van der Waals surface area contributed by atoms with Crippen LogP contribution in [0.15, 0.2) is 59.8 Å². The number of benzene rings is 2. The second-order valence-electron chi connectivity index (χ2n) is 6.89. The molecule has 3 rings (SSSR count). The van der Waals surface area contributed by atoms with Gasteiger partial charge in [0.1, 0.15) is 12.4 Å². The third kappa shape index (κ3) is 5.37. The van der Waals surface area contributed by atoms with Crippen LogP contribution in [0.4, 0.5) is 0 Å². The van der Waals surface area contributed by atoms with Crippen molar-refractivity contribution < 1.29 is 4.74 Å². The Morgan fingerprint density at radius 3 is 2.57 bits per heavy atom. The third-order valence-electron chi connectivity index (χ3n) is 4.33. The highest BCUT2D eigenvalue weighted by Gasteiger charge is 2.14. The molecule has 3 aromatic rings. The van der Waals surface area contributed by atoms with Crippen molar-refractivity contribution in [2.45, 2.75) is 44.3 Å². The quantitative estimate of drug-likeness (QED) is 0.476. The maximum atomic E-state index is 9.29. The minimum Gasteiger partial charge on any atom is -0.486 e. The van der Waals surface area contributed by atoms with Crippen LogP contribution in [-0.4, -0.2) is 14.8 Å². The van der Waals surface area contributed by atoms with E-state index in [4.69, 9.17) is 4.74 Å². The minimum atomic E-state index is 0.379. The molecule has 0 bridgehead atoms. The summed E-state index contributed by atoms with van der Waals surface area (Å²) >= 11 is 1.61. The van der Waals surface area contributed by atoms with Gasteiger partial charge >= 0.3 is 0 Å². The van der Waals surface area contributed by atoms with E-state index in [1.54, 1.807) is 11.8 Å². The summed E-state index contributed by atoms with van der Waals surface area (Å²) in [5, 5.41) is 18.9. The van der Waals surface area contributed by atoms with Gasteiger partial charge in [0.25, 0.3) is 0 Å². The molecule has 0 spiro atoms. The summed E-state index contributed by atoms with van der Waals surface area (Å²) in [6.45, 7) is 5.64. The van der Waals surface area contributed by atoms with E-state index >= 15 is 0 Å². The van der Waals surface area contributed by atoms with Crippen LogP contribution in [0.5, 0.6) is 5.75 Å². The first kappa shape index (κ1) is 20.0. The highest BCUT2D eigenvalue weighted by atomic mass is 32.2. The van der Waals surface area contributed by atoms with Crippen LogP contribution in [0, 0.1) is 17.2 Å². The van der Waals surface area contributed by atoms with Crippen LogP contribution >= 0.6 is 11.8 Å². The van der Waals surface area contributed by atoms with Gasteiger partial charge in [-0.05, 0) is 36.1 Å². The molecule has 0 fully saturated rings. The summed E-state index contributed by atoms with van der Waals surface area (Å²) in [7, 11) is 0. The molecule has 0 N–H and O–H groups in total. The molecule has 6 heteroatoms. The van der Waals surface area contributed by atoms with Gasteiger partial charge in [-0.25, -0.2) is 0 Å². The molecule has 0 atom stereocenters. The van der Waals surface area contributed by atoms with Gasteiger partial charge in [-0.15, -0.1) is 10.2 Å². The average molecular weight is 393 g/mol. The fourth-order valence-electron chi connectivity index (χ4n) is 2.71. The Morgan fingerprint density at radius 2 is 1.82 bits per heavy atom. The van der Waals surface area contributed by atoms with Gasteiger partial charge in [0.05, 0.1) is 11.6 Å². The average Bonchev–Trinajstić information content (AvgIpc) is 3.11. The largest absolute Gasteiger partial charge is 0.486 e. The van der Waals surface area contributed by atoms with Gasteiger partial charge < -0.3 is 9.30 Å². The summed E-state index contributed by atoms with van der Waals surface area (Å²) in [6.07, 6.45) is 1.04. The zero-order valence-electron chi connectivity index (χ0n) is 16.2. The lowest BCUT2D eigenvalue weighted by Gasteiger charge is -2.12. The Labute approximate surface area is 170 Å². The summed E-state index contributed by atoms with van der Waals surface area (Å²) < 4.78 is 8.02. The first-order valence-electron chi connectivity index (χ1n) is 9.38. The van der Waals surface area contributed by atoms with Gasteiger partial charge in [-0.3, -0.25) is 0 Å². The van der Waals surface area contributed by atoms with Crippen LogP contribution in [0.2, 0.25) is 0 Å². The predicted molar refractivity (Wildman–Crippen MR) is 111 cm³/mol. The van der Waals surface area contributed by atoms with Gasteiger partial charge in [0.2, 0.25) is 0 Å². The molecule has 144 valence electrons. The Bertz CT molecular complexity index is 931. The minimum absolute atomic E-state index is 0.379.